The van der Waals surface area contributed by atoms with Gasteiger partial charge >= 0.3 is 23.9 Å². The van der Waals surface area contributed by atoms with Gasteiger partial charge in [-0.1, -0.05) is 5.21 Å². The smallest absolute Gasteiger partial charge is 0.390 e. The van der Waals surface area contributed by atoms with Crippen LogP contribution in [0, 0.1) is 0 Å². The van der Waals surface area contributed by atoms with E-state index in [1.165, 1.54) is 0 Å². The summed E-state index contributed by atoms with van der Waals surface area (Å²) in [7, 11) is 0. The summed E-state index contributed by atoms with van der Waals surface area (Å²) in [6, 6.07) is 0. The van der Waals surface area contributed by atoms with Gasteiger partial charge in [-0.3, -0.25) is 4.68 Å². The SMILES string of the molecule is OCc1cn(CCC(F)(F)C(F)(F)C(F)(F)C(F)(F)F)nn1. The first-order valence-electron chi connectivity index (χ1n) is 5.46. The molecule has 0 aliphatic rings. The van der Waals surface area contributed by atoms with Crippen molar-refractivity contribution in [1.29, 1.82) is 0 Å². The van der Waals surface area contributed by atoms with Crippen LogP contribution in [0.4, 0.5) is 39.5 Å². The quantitative estimate of drug-likeness (QED) is 0.807. The van der Waals surface area contributed by atoms with Gasteiger partial charge in [0.2, 0.25) is 0 Å². The number of aliphatic hydroxyl groups excluding tert-OH is 1. The molecule has 4 nitrogen and oxygen atoms in total. The number of halogens is 9. The molecule has 0 saturated carbocycles. The molecule has 22 heavy (non-hydrogen) atoms. The number of aryl methyl sites for hydroxylation is 1. The molecule has 1 rings (SSSR count). The van der Waals surface area contributed by atoms with Gasteiger partial charge < -0.3 is 5.11 Å². The molecule has 1 aromatic rings. The van der Waals surface area contributed by atoms with E-state index in [0.29, 0.717) is 4.68 Å². The van der Waals surface area contributed by atoms with E-state index in [1.807, 2.05) is 0 Å². The van der Waals surface area contributed by atoms with Crippen LogP contribution in [0.1, 0.15) is 12.1 Å². The second kappa shape index (κ2) is 5.59. The lowest BCUT2D eigenvalue weighted by Crippen LogP contribution is -2.61. The summed E-state index contributed by atoms with van der Waals surface area (Å²) in [6.45, 7) is -1.76. The Hall–Kier alpha value is -1.53. The number of hydrogen-bond donors (Lipinski definition) is 1. The second-order valence-electron chi connectivity index (χ2n) is 4.23. The summed E-state index contributed by atoms with van der Waals surface area (Å²) in [5.74, 6) is -19.2. The Bertz CT molecular complexity index is 511. The average Bonchev–Trinajstić information content (AvgIpc) is 2.82. The number of aliphatic hydroxyl groups is 1. The van der Waals surface area contributed by atoms with Gasteiger partial charge in [0, 0.05) is 13.0 Å². The van der Waals surface area contributed by atoms with Gasteiger partial charge in [-0.2, -0.15) is 39.5 Å². The van der Waals surface area contributed by atoms with Crippen molar-refractivity contribution in [3.05, 3.63) is 11.9 Å². The van der Waals surface area contributed by atoms with Crippen LogP contribution in [-0.2, 0) is 13.2 Å². The van der Waals surface area contributed by atoms with Crippen molar-refractivity contribution in [2.75, 3.05) is 0 Å². The molecule has 0 radical (unpaired) electrons. The predicted molar refractivity (Wildman–Crippen MR) is 51.5 cm³/mol. The maximum absolute atomic E-state index is 13.2. The fourth-order valence-corrected chi connectivity index (χ4v) is 1.34. The maximum Gasteiger partial charge on any atom is 0.460 e. The van der Waals surface area contributed by atoms with Crippen molar-refractivity contribution in [3.63, 3.8) is 0 Å². The standard InChI is InChI=1S/C9H8F9N3O/c10-6(11,1-2-21-3-5(4-22)19-20-21)7(12,13)8(14,15)9(16,17)18/h3,22H,1-2,4H2. The Morgan fingerprint density at radius 1 is 0.955 bits per heavy atom. The number of hydrogen-bond acceptors (Lipinski definition) is 3. The number of alkyl halides is 9. The molecule has 1 N–H and O–H groups in total. The summed E-state index contributed by atoms with van der Waals surface area (Å²) < 4.78 is 113. The first-order chi connectivity index (χ1) is 9.76. The highest BCUT2D eigenvalue weighted by atomic mass is 19.4. The molecule has 0 bridgehead atoms. The third-order valence-electron chi connectivity index (χ3n) is 2.61. The van der Waals surface area contributed by atoms with Gasteiger partial charge in [0.25, 0.3) is 0 Å². The van der Waals surface area contributed by atoms with Crippen molar-refractivity contribution in [1.82, 2.24) is 15.0 Å². The van der Waals surface area contributed by atoms with Gasteiger partial charge in [-0.15, -0.1) is 5.10 Å². The van der Waals surface area contributed by atoms with Crippen molar-refractivity contribution >= 4 is 0 Å². The third kappa shape index (κ3) is 3.13. The minimum atomic E-state index is -6.90. The van der Waals surface area contributed by atoms with Crippen LogP contribution in [0.15, 0.2) is 6.20 Å². The second-order valence-corrected chi connectivity index (χ2v) is 4.23. The van der Waals surface area contributed by atoms with Gasteiger partial charge in [-0.25, -0.2) is 0 Å². The van der Waals surface area contributed by atoms with Gasteiger partial charge in [0.15, 0.2) is 0 Å². The fourth-order valence-electron chi connectivity index (χ4n) is 1.34. The Morgan fingerprint density at radius 3 is 1.91 bits per heavy atom. The van der Waals surface area contributed by atoms with Crippen molar-refractivity contribution < 1.29 is 44.6 Å². The molecule has 0 aliphatic carbocycles. The normalized spacial score (nSPS) is 14.5. The first kappa shape index (κ1) is 18.5. The highest BCUT2D eigenvalue weighted by Gasteiger charge is 2.81. The third-order valence-corrected chi connectivity index (χ3v) is 2.61. The van der Waals surface area contributed by atoms with Crippen LogP contribution in [0.3, 0.4) is 0 Å². The molecule has 0 saturated heterocycles. The van der Waals surface area contributed by atoms with Crippen LogP contribution >= 0.6 is 0 Å². The van der Waals surface area contributed by atoms with E-state index in [2.05, 4.69) is 10.3 Å². The number of aromatic nitrogens is 3. The molecule has 128 valence electrons. The summed E-state index contributed by atoms with van der Waals surface area (Å²) in [5, 5.41) is 14.9. The lowest BCUT2D eigenvalue weighted by atomic mass is 10.0. The number of nitrogens with zero attached hydrogens (tertiary/aromatic N) is 3. The molecule has 0 aromatic carbocycles. The summed E-state index contributed by atoms with van der Waals surface area (Å²) in [5.41, 5.74) is -0.129. The highest BCUT2D eigenvalue weighted by Crippen LogP contribution is 2.54. The van der Waals surface area contributed by atoms with Gasteiger partial charge in [0.1, 0.15) is 5.69 Å². The van der Waals surface area contributed by atoms with E-state index in [0.717, 1.165) is 6.20 Å². The first-order valence-corrected chi connectivity index (χ1v) is 5.46. The highest BCUT2D eigenvalue weighted by molar-refractivity contribution is 5.00. The molecule has 0 atom stereocenters. The monoisotopic (exact) mass is 345 g/mol. The molecule has 13 heteroatoms. The van der Waals surface area contributed by atoms with Crippen molar-refractivity contribution in [2.45, 2.75) is 43.5 Å². The van der Waals surface area contributed by atoms with Crippen LogP contribution in [0.2, 0.25) is 0 Å². The average molecular weight is 345 g/mol. The zero-order chi connectivity index (χ0) is 17.4. The van der Waals surface area contributed by atoms with E-state index in [-0.39, 0.29) is 5.69 Å². The predicted octanol–water partition coefficient (Wildman–Crippen LogP) is 2.63. The minimum absolute atomic E-state index is 0.129. The Balaban J connectivity index is 2.92. The Labute approximate surface area is 116 Å². The van der Waals surface area contributed by atoms with E-state index in [1.54, 1.807) is 0 Å². The largest absolute Gasteiger partial charge is 0.460 e. The summed E-state index contributed by atoms with van der Waals surface area (Å²) in [6.07, 6.45) is -8.03. The lowest BCUT2D eigenvalue weighted by Gasteiger charge is -2.33. The summed E-state index contributed by atoms with van der Waals surface area (Å²) in [4.78, 5) is 0. The zero-order valence-corrected chi connectivity index (χ0v) is 10.4. The lowest BCUT2D eigenvalue weighted by molar-refractivity contribution is -0.397. The molecule has 1 heterocycles. The van der Waals surface area contributed by atoms with Crippen molar-refractivity contribution in [3.8, 4) is 0 Å². The van der Waals surface area contributed by atoms with E-state index in [9.17, 15) is 39.5 Å². The minimum Gasteiger partial charge on any atom is -0.390 e. The molecule has 0 unspecified atom stereocenters. The van der Waals surface area contributed by atoms with E-state index in [4.69, 9.17) is 5.11 Å². The van der Waals surface area contributed by atoms with Crippen LogP contribution < -0.4 is 0 Å². The maximum atomic E-state index is 13.2. The molecular weight excluding hydrogens is 337 g/mol. The number of rotatable bonds is 6. The molecule has 0 spiro atoms. The molecule has 1 aromatic heterocycles. The molecule has 0 aliphatic heterocycles. The van der Waals surface area contributed by atoms with Crippen LogP contribution in [0.5, 0.6) is 0 Å². The molecule has 0 amide bonds. The van der Waals surface area contributed by atoms with Crippen LogP contribution in [-0.4, -0.2) is 44.0 Å². The molecule has 0 fully saturated rings. The Kier molecular flexibility index (Phi) is 4.71. The van der Waals surface area contributed by atoms with Gasteiger partial charge in [-0.05, 0) is 0 Å². The summed E-state index contributed by atoms with van der Waals surface area (Å²) >= 11 is 0. The van der Waals surface area contributed by atoms with E-state index < -0.39 is 43.5 Å². The topological polar surface area (TPSA) is 50.9 Å². The van der Waals surface area contributed by atoms with Crippen LogP contribution in [0.25, 0.3) is 0 Å². The van der Waals surface area contributed by atoms with Gasteiger partial charge in [0.05, 0.1) is 12.8 Å². The Morgan fingerprint density at radius 2 is 1.50 bits per heavy atom. The van der Waals surface area contributed by atoms with E-state index >= 15 is 0 Å². The zero-order valence-electron chi connectivity index (χ0n) is 10.4. The fraction of sp³-hybridized carbons (Fsp3) is 0.778. The van der Waals surface area contributed by atoms with Crippen molar-refractivity contribution in [2.24, 2.45) is 0 Å². The molecular formula is C9H8F9N3O.